The molecule has 0 aliphatic heterocycles. The fourth-order valence-corrected chi connectivity index (χ4v) is 0.267. The van der Waals surface area contributed by atoms with Crippen molar-refractivity contribution >= 4 is 18.8 Å². The van der Waals surface area contributed by atoms with Gasteiger partial charge in [0.05, 0.1) is 7.11 Å². The quantitative estimate of drug-likeness (QED) is 0.203. The lowest BCUT2D eigenvalue weighted by molar-refractivity contribution is 0.250. The van der Waals surface area contributed by atoms with Crippen molar-refractivity contribution in [1.29, 1.82) is 0 Å². The third-order valence-electron chi connectivity index (χ3n) is 0.668. The first-order valence-electron chi connectivity index (χ1n) is 2.34. The lowest BCUT2D eigenvalue weighted by atomic mass is 10.9. The van der Waals surface area contributed by atoms with Gasteiger partial charge >= 0.3 is 12.1 Å². The molecule has 56 valence electrons. The van der Waals surface area contributed by atoms with Gasteiger partial charge in [-0.25, -0.2) is 9.79 Å². The minimum Gasteiger partial charge on any atom is -0.467 e. The molecule has 0 aliphatic rings. The summed E-state index contributed by atoms with van der Waals surface area (Å²) in [6.07, 6.45) is 0. The fraction of sp³-hybridized carbons (Fsp3) is 0.250. The molecule has 0 aliphatic carbocycles. The first-order valence-corrected chi connectivity index (χ1v) is 2.34. The van der Waals surface area contributed by atoms with E-state index >= 15 is 0 Å². The minimum absolute atomic E-state index is 0.0996. The van der Waals surface area contributed by atoms with Crippen LogP contribution in [0.4, 0.5) is 4.79 Å². The van der Waals surface area contributed by atoms with Crippen molar-refractivity contribution in [3.63, 3.8) is 0 Å². The smallest absolute Gasteiger partial charge is 0.348 e. The molecular weight excluding hydrogens is 136 g/mol. The van der Waals surface area contributed by atoms with Crippen LogP contribution >= 0.6 is 0 Å². The van der Waals surface area contributed by atoms with Crippen LogP contribution in [0.15, 0.2) is 10.1 Å². The average Bonchev–Trinajstić information content (AvgIpc) is 1.99. The van der Waals surface area contributed by atoms with Crippen LogP contribution in [0.1, 0.15) is 0 Å². The highest BCUT2D eigenvalue weighted by Crippen LogP contribution is 1.74. The number of hydrazone groups is 1. The zero-order chi connectivity index (χ0) is 7.98. The summed E-state index contributed by atoms with van der Waals surface area (Å²) in [5.74, 6) is 4.77. The number of amidine groups is 1. The standard InChI is InChI=1S/C4H8N4O2/c1-6-3(9)7-4(8-5)10-2/h1,5H2,2H3,(H,7,8,9). The third kappa shape index (κ3) is 2.65. The molecule has 2 amide bonds. The highest BCUT2D eigenvalue weighted by molar-refractivity contribution is 5.94. The Kier molecular flexibility index (Phi) is 3.62. The Morgan fingerprint density at radius 2 is 2.40 bits per heavy atom. The van der Waals surface area contributed by atoms with Crippen molar-refractivity contribution in [1.82, 2.24) is 5.32 Å². The Morgan fingerprint density at radius 1 is 1.80 bits per heavy atom. The first-order chi connectivity index (χ1) is 4.74. The van der Waals surface area contributed by atoms with Crippen molar-refractivity contribution in [2.24, 2.45) is 15.9 Å². The van der Waals surface area contributed by atoms with Gasteiger partial charge in [-0.05, 0) is 6.72 Å². The number of nitrogens with zero attached hydrogens (tertiary/aromatic N) is 2. The lowest BCUT2D eigenvalue weighted by Gasteiger charge is -2.00. The first kappa shape index (κ1) is 8.41. The number of rotatable bonds is 0. The van der Waals surface area contributed by atoms with Gasteiger partial charge in [-0.3, -0.25) is 5.32 Å². The maximum atomic E-state index is 10.4. The topological polar surface area (TPSA) is 89.1 Å². The van der Waals surface area contributed by atoms with Crippen molar-refractivity contribution in [3.8, 4) is 0 Å². The fourth-order valence-electron chi connectivity index (χ4n) is 0.267. The molecule has 0 heterocycles. The molecule has 0 fully saturated rings. The number of nitrogens with two attached hydrogens (primary N) is 1. The molecule has 0 radical (unpaired) electrons. The largest absolute Gasteiger partial charge is 0.467 e. The molecule has 3 N–H and O–H groups in total. The molecule has 10 heavy (non-hydrogen) atoms. The summed E-state index contributed by atoms with van der Waals surface area (Å²) in [6.45, 7) is 2.97. The van der Waals surface area contributed by atoms with Gasteiger partial charge in [0.15, 0.2) is 0 Å². The molecule has 0 rings (SSSR count). The Bertz CT molecular complexity index is 165. The Morgan fingerprint density at radius 3 is 2.70 bits per heavy atom. The lowest BCUT2D eigenvalue weighted by Crippen LogP contribution is -2.30. The predicted molar refractivity (Wildman–Crippen MR) is 36.7 cm³/mol. The second kappa shape index (κ2) is 4.30. The number of hydrogen-bond acceptors (Lipinski definition) is 4. The van der Waals surface area contributed by atoms with Gasteiger partial charge in [0, 0.05) is 0 Å². The molecule has 6 nitrogen and oxygen atoms in total. The second-order valence-electron chi connectivity index (χ2n) is 1.23. The van der Waals surface area contributed by atoms with Gasteiger partial charge in [0.25, 0.3) is 0 Å². The highest BCUT2D eigenvalue weighted by Gasteiger charge is 2.00. The van der Waals surface area contributed by atoms with E-state index in [9.17, 15) is 4.79 Å². The minimum atomic E-state index is -0.661. The number of amides is 2. The number of nitrogens with one attached hydrogen (secondary N) is 1. The van der Waals surface area contributed by atoms with Gasteiger partial charge in [-0.15, -0.1) is 5.10 Å². The van der Waals surface area contributed by atoms with Crippen LogP contribution in [-0.2, 0) is 4.74 Å². The number of carbonyl (C=O) groups excluding carboxylic acids is 1. The number of carbonyl (C=O) groups is 1. The van der Waals surface area contributed by atoms with E-state index in [-0.39, 0.29) is 6.02 Å². The molecule has 6 heteroatoms. The Hall–Kier alpha value is -1.59. The van der Waals surface area contributed by atoms with Gasteiger partial charge in [0.1, 0.15) is 0 Å². The predicted octanol–water partition coefficient (Wildman–Crippen LogP) is -0.727. The van der Waals surface area contributed by atoms with Crippen LogP contribution < -0.4 is 11.2 Å². The summed E-state index contributed by atoms with van der Waals surface area (Å²) in [5, 5.41) is 5.17. The number of methoxy groups -OCH3 is 1. The monoisotopic (exact) mass is 144 g/mol. The van der Waals surface area contributed by atoms with E-state index < -0.39 is 6.03 Å². The van der Waals surface area contributed by atoms with Crippen LogP contribution in [0.25, 0.3) is 0 Å². The zero-order valence-corrected chi connectivity index (χ0v) is 5.50. The summed E-state index contributed by atoms with van der Waals surface area (Å²) < 4.78 is 4.48. The summed E-state index contributed by atoms with van der Waals surface area (Å²) in [7, 11) is 1.31. The second-order valence-corrected chi connectivity index (χ2v) is 1.23. The summed E-state index contributed by atoms with van der Waals surface area (Å²) in [5.41, 5.74) is 0. The molecule has 0 spiro atoms. The maximum absolute atomic E-state index is 10.4. The normalized spacial score (nSPS) is 10.3. The number of ether oxygens (including phenoxy) is 1. The molecule has 0 saturated carbocycles. The van der Waals surface area contributed by atoms with E-state index in [4.69, 9.17) is 5.84 Å². The van der Waals surface area contributed by atoms with Crippen molar-refractivity contribution in [2.45, 2.75) is 0 Å². The zero-order valence-electron chi connectivity index (χ0n) is 5.50. The van der Waals surface area contributed by atoms with E-state index in [1.807, 2.05) is 0 Å². The van der Waals surface area contributed by atoms with Gasteiger partial charge in [-0.2, -0.15) is 0 Å². The van der Waals surface area contributed by atoms with Crippen LogP contribution in [0.5, 0.6) is 0 Å². The van der Waals surface area contributed by atoms with Gasteiger partial charge < -0.3 is 10.6 Å². The van der Waals surface area contributed by atoms with Gasteiger partial charge in [-0.1, -0.05) is 0 Å². The molecule has 0 aromatic carbocycles. The highest BCUT2D eigenvalue weighted by atomic mass is 16.5. The van der Waals surface area contributed by atoms with Crippen molar-refractivity contribution < 1.29 is 9.53 Å². The molecule has 0 aromatic rings. The molecule has 0 bridgehead atoms. The van der Waals surface area contributed by atoms with E-state index in [2.05, 4.69) is 26.9 Å². The van der Waals surface area contributed by atoms with Crippen LogP contribution in [0, 0.1) is 0 Å². The number of aliphatic imine (C=N–C) groups is 1. The van der Waals surface area contributed by atoms with Crippen LogP contribution in [-0.4, -0.2) is 25.9 Å². The van der Waals surface area contributed by atoms with Gasteiger partial charge in [0.2, 0.25) is 0 Å². The average molecular weight is 144 g/mol. The van der Waals surface area contributed by atoms with E-state index in [1.165, 1.54) is 7.11 Å². The Labute approximate surface area is 57.8 Å². The van der Waals surface area contributed by atoms with E-state index in [1.54, 1.807) is 0 Å². The molecule has 0 unspecified atom stereocenters. The molecular formula is C4H8N4O2. The maximum Gasteiger partial charge on any atom is 0.348 e. The number of urea groups is 1. The summed E-state index contributed by atoms with van der Waals surface area (Å²) in [6, 6.07) is -0.761. The van der Waals surface area contributed by atoms with E-state index in [0.29, 0.717) is 0 Å². The molecule has 0 atom stereocenters. The van der Waals surface area contributed by atoms with Crippen LogP contribution in [0.2, 0.25) is 0 Å². The third-order valence-corrected chi connectivity index (χ3v) is 0.668. The summed E-state index contributed by atoms with van der Waals surface area (Å²) in [4.78, 5) is 13.4. The molecule has 0 saturated heterocycles. The number of hydrogen-bond donors (Lipinski definition) is 2. The van der Waals surface area contributed by atoms with Crippen LogP contribution in [0.3, 0.4) is 0 Å². The summed E-state index contributed by atoms with van der Waals surface area (Å²) >= 11 is 0. The SMILES string of the molecule is C=NC(=O)N/C(=N\N)OC. The van der Waals surface area contributed by atoms with Crippen molar-refractivity contribution in [3.05, 3.63) is 0 Å². The van der Waals surface area contributed by atoms with Crippen molar-refractivity contribution in [2.75, 3.05) is 7.11 Å². The Balaban J connectivity index is 3.87. The van der Waals surface area contributed by atoms with E-state index in [0.717, 1.165) is 0 Å². The molecule has 0 aromatic heterocycles.